The molecule has 1 fully saturated rings. The Morgan fingerprint density at radius 3 is 2.56 bits per heavy atom. The van der Waals surface area contributed by atoms with Gasteiger partial charge in [-0.3, -0.25) is 4.79 Å². The zero-order valence-corrected chi connectivity index (χ0v) is 11.5. The first kappa shape index (κ1) is 14.8. The van der Waals surface area contributed by atoms with Crippen LogP contribution in [0.4, 0.5) is 4.79 Å². The number of hydrogen-bond donors (Lipinski definition) is 3. The predicted octanol–water partition coefficient (Wildman–Crippen LogP) is 0.235. The van der Waals surface area contributed by atoms with Crippen LogP contribution in [0.25, 0.3) is 0 Å². The molecule has 0 radical (unpaired) electrons. The van der Waals surface area contributed by atoms with Crippen LogP contribution in [0.15, 0.2) is 0 Å². The number of piperidine rings is 1. The summed E-state index contributed by atoms with van der Waals surface area (Å²) in [4.78, 5) is 23.4. The summed E-state index contributed by atoms with van der Waals surface area (Å²) in [7, 11) is 1.61. The molecular weight excluding hydrogens is 234 g/mol. The van der Waals surface area contributed by atoms with Gasteiger partial charge < -0.3 is 20.7 Å². The van der Waals surface area contributed by atoms with Crippen molar-refractivity contribution in [3.05, 3.63) is 0 Å². The van der Waals surface area contributed by atoms with Gasteiger partial charge in [0.15, 0.2) is 0 Å². The van der Waals surface area contributed by atoms with Crippen molar-refractivity contribution in [2.75, 3.05) is 20.1 Å². The van der Waals surface area contributed by atoms with Gasteiger partial charge in [-0.2, -0.15) is 0 Å². The van der Waals surface area contributed by atoms with Crippen LogP contribution in [-0.4, -0.2) is 43.8 Å². The molecule has 1 aliphatic heterocycles. The van der Waals surface area contributed by atoms with Crippen molar-refractivity contribution < 1.29 is 14.3 Å². The lowest BCUT2D eigenvalue weighted by atomic mass is 9.92. The highest BCUT2D eigenvalue weighted by Crippen LogP contribution is 2.14. The first-order valence-electron chi connectivity index (χ1n) is 6.25. The van der Waals surface area contributed by atoms with E-state index in [-0.39, 0.29) is 17.9 Å². The Kier molecular flexibility index (Phi) is 4.95. The summed E-state index contributed by atoms with van der Waals surface area (Å²) in [5.74, 6) is -0.249. The number of carbonyl (C=O) groups excluding carboxylic acids is 2. The third kappa shape index (κ3) is 4.52. The third-order valence-corrected chi connectivity index (χ3v) is 2.77. The minimum Gasteiger partial charge on any atom is -0.444 e. The second kappa shape index (κ2) is 6.04. The van der Waals surface area contributed by atoms with E-state index in [0.29, 0.717) is 13.0 Å². The monoisotopic (exact) mass is 257 g/mol. The maximum Gasteiger partial charge on any atom is 0.407 e. The Bertz CT molecular complexity index is 312. The Labute approximate surface area is 108 Å². The Morgan fingerprint density at radius 2 is 2.00 bits per heavy atom. The molecular formula is C12H23N3O3. The maximum absolute atomic E-state index is 11.7. The molecule has 6 nitrogen and oxygen atoms in total. The van der Waals surface area contributed by atoms with Gasteiger partial charge in [0.25, 0.3) is 0 Å². The topological polar surface area (TPSA) is 79.5 Å². The van der Waals surface area contributed by atoms with Gasteiger partial charge in [-0.25, -0.2) is 4.79 Å². The van der Waals surface area contributed by atoms with E-state index >= 15 is 0 Å². The first-order valence-corrected chi connectivity index (χ1v) is 6.25. The van der Waals surface area contributed by atoms with Crippen molar-refractivity contribution in [3.8, 4) is 0 Å². The molecule has 6 heteroatoms. The predicted molar refractivity (Wildman–Crippen MR) is 68.2 cm³/mol. The summed E-state index contributed by atoms with van der Waals surface area (Å²) in [5.41, 5.74) is -0.533. The first-order chi connectivity index (χ1) is 8.33. The van der Waals surface area contributed by atoms with Crippen molar-refractivity contribution in [2.45, 2.75) is 38.8 Å². The summed E-state index contributed by atoms with van der Waals surface area (Å²) in [5, 5.41) is 8.55. The Hall–Kier alpha value is -1.30. The SMILES string of the molecule is CNC(=O)[C@@H]1CCNC[C@H]1NC(=O)OC(C)(C)C. The molecule has 1 saturated heterocycles. The largest absolute Gasteiger partial charge is 0.444 e. The van der Waals surface area contributed by atoms with E-state index in [1.165, 1.54) is 0 Å². The van der Waals surface area contributed by atoms with Crippen LogP contribution in [0.3, 0.4) is 0 Å². The van der Waals surface area contributed by atoms with E-state index in [4.69, 9.17) is 4.74 Å². The van der Waals surface area contributed by atoms with Crippen molar-refractivity contribution in [1.29, 1.82) is 0 Å². The van der Waals surface area contributed by atoms with Crippen LogP contribution < -0.4 is 16.0 Å². The lowest BCUT2D eigenvalue weighted by molar-refractivity contribution is -0.126. The van der Waals surface area contributed by atoms with Crippen LogP contribution >= 0.6 is 0 Å². The summed E-state index contributed by atoms with van der Waals surface area (Å²) < 4.78 is 5.19. The Morgan fingerprint density at radius 1 is 1.33 bits per heavy atom. The molecule has 2 amide bonds. The molecule has 2 atom stereocenters. The molecule has 0 aromatic rings. The molecule has 0 aromatic heterocycles. The molecule has 0 bridgehead atoms. The fourth-order valence-corrected chi connectivity index (χ4v) is 1.97. The van der Waals surface area contributed by atoms with E-state index in [1.807, 2.05) is 20.8 Å². The van der Waals surface area contributed by atoms with Gasteiger partial charge >= 0.3 is 6.09 Å². The highest BCUT2D eigenvalue weighted by molar-refractivity contribution is 5.80. The van der Waals surface area contributed by atoms with Crippen LogP contribution in [-0.2, 0) is 9.53 Å². The summed E-state index contributed by atoms with van der Waals surface area (Å²) in [6, 6.07) is -0.228. The van der Waals surface area contributed by atoms with E-state index < -0.39 is 11.7 Å². The molecule has 1 rings (SSSR count). The minimum atomic E-state index is -0.533. The molecule has 1 heterocycles. The zero-order valence-electron chi connectivity index (χ0n) is 11.5. The molecule has 1 aliphatic rings. The summed E-state index contributed by atoms with van der Waals surface area (Å²) in [6.45, 7) is 6.79. The quantitative estimate of drug-likeness (QED) is 0.662. The van der Waals surface area contributed by atoms with Gasteiger partial charge in [-0.05, 0) is 33.7 Å². The smallest absolute Gasteiger partial charge is 0.407 e. The van der Waals surface area contributed by atoms with Crippen molar-refractivity contribution in [1.82, 2.24) is 16.0 Å². The average Bonchev–Trinajstić information content (AvgIpc) is 2.26. The van der Waals surface area contributed by atoms with Crippen molar-refractivity contribution in [2.24, 2.45) is 5.92 Å². The standard InChI is InChI=1S/C12H23N3O3/c1-12(2,3)18-11(17)15-9-7-14-6-5-8(9)10(16)13-4/h8-9,14H,5-7H2,1-4H3,(H,13,16)(H,15,17)/t8-,9-/m1/s1. The van der Waals surface area contributed by atoms with Crippen LogP contribution in [0.5, 0.6) is 0 Å². The van der Waals surface area contributed by atoms with Crippen molar-refractivity contribution in [3.63, 3.8) is 0 Å². The molecule has 0 aliphatic carbocycles. The minimum absolute atomic E-state index is 0.0439. The molecule has 0 unspecified atom stereocenters. The highest BCUT2D eigenvalue weighted by atomic mass is 16.6. The van der Waals surface area contributed by atoms with Gasteiger partial charge in [-0.15, -0.1) is 0 Å². The van der Waals surface area contributed by atoms with Gasteiger partial charge in [0.1, 0.15) is 5.60 Å². The van der Waals surface area contributed by atoms with E-state index in [0.717, 1.165) is 6.54 Å². The van der Waals surface area contributed by atoms with E-state index in [9.17, 15) is 9.59 Å². The molecule has 0 spiro atoms. The van der Waals surface area contributed by atoms with Crippen LogP contribution in [0, 0.1) is 5.92 Å². The lowest BCUT2D eigenvalue weighted by Crippen LogP contribution is -2.55. The fourth-order valence-electron chi connectivity index (χ4n) is 1.97. The highest BCUT2D eigenvalue weighted by Gasteiger charge is 2.32. The number of carbonyl (C=O) groups is 2. The van der Waals surface area contributed by atoms with Crippen LogP contribution in [0.2, 0.25) is 0 Å². The number of rotatable bonds is 2. The fraction of sp³-hybridized carbons (Fsp3) is 0.833. The number of amides is 2. The lowest BCUT2D eigenvalue weighted by Gasteiger charge is -2.32. The normalized spacial score (nSPS) is 24.2. The maximum atomic E-state index is 11.7. The number of alkyl carbamates (subject to hydrolysis) is 1. The summed E-state index contributed by atoms with van der Waals surface area (Å²) in [6.07, 6.45) is 0.227. The van der Waals surface area contributed by atoms with Gasteiger partial charge in [-0.1, -0.05) is 0 Å². The van der Waals surface area contributed by atoms with Gasteiger partial charge in [0.05, 0.1) is 12.0 Å². The number of hydrogen-bond acceptors (Lipinski definition) is 4. The molecule has 3 N–H and O–H groups in total. The molecule has 18 heavy (non-hydrogen) atoms. The summed E-state index contributed by atoms with van der Waals surface area (Å²) >= 11 is 0. The Balaban J connectivity index is 2.57. The second-order valence-corrected chi connectivity index (χ2v) is 5.47. The van der Waals surface area contributed by atoms with Gasteiger partial charge in [0, 0.05) is 13.6 Å². The molecule has 104 valence electrons. The number of ether oxygens (including phenoxy) is 1. The van der Waals surface area contributed by atoms with Crippen molar-refractivity contribution >= 4 is 12.0 Å². The second-order valence-electron chi connectivity index (χ2n) is 5.47. The van der Waals surface area contributed by atoms with Gasteiger partial charge in [0.2, 0.25) is 5.91 Å². The van der Waals surface area contributed by atoms with E-state index in [1.54, 1.807) is 7.05 Å². The molecule has 0 aromatic carbocycles. The zero-order chi connectivity index (χ0) is 13.8. The third-order valence-electron chi connectivity index (χ3n) is 2.77. The van der Waals surface area contributed by atoms with E-state index in [2.05, 4.69) is 16.0 Å². The number of nitrogens with one attached hydrogen (secondary N) is 3. The van der Waals surface area contributed by atoms with Crippen LogP contribution in [0.1, 0.15) is 27.2 Å². The molecule has 0 saturated carbocycles. The average molecular weight is 257 g/mol.